The van der Waals surface area contributed by atoms with E-state index in [0.717, 1.165) is 12.1 Å². The predicted octanol–water partition coefficient (Wildman–Crippen LogP) is 2.92. The number of carbonyl (C=O) groups is 2. The number of amides is 2. The molecule has 1 fully saturated rings. The zero-order valence-electron chi connectivity index (χ0n) is 19.4. The zero-order chi connectivity index (χ0) is 24.7. The first-order valence-electron chi connectivity index (χ1n) is 11.1. The Labute approximate surface area is 195 Å². The summed E-state index contributed by atoms with van der Waals surface area (Å²) in [6.45, 7) is 5.76. The van der Waals surface area contributed by atoms with Crippen LogP contribution in [0.25, 0.3) is 0 Å². The van der Waals surface area contributed by atoms with Crippen LogP contribution in [0.3, 0.4) is 0 Å². The Morgan fingerprint density at radius 3 is 2.44 bits per heavy atom. The highest BCUT2D eigenvalue weighted by Crippen LogP contribution is 2.35. The molecule has 0 bridgehead atoms. The van der Waals surface area contributed by atoms with E-state index in [1.807, 2.05) is 25.8 Å². The van der Waals surface area contributed by atoms with Gasteiger partial charge < -0.3 is 20.9 Å². The Bertz CT molecular complexity index is 1110. The summed E-state index contributed by atoms with van der Waals surface area (Å²) in [6.07, 6.45) is 1.00. The first kappa shape index (κ1) is 23.8. The lowest BCUT2D eigenvalue weighted by atomic mass is 9.86. The average molecular weight is 477 g/mol. The molecule has 1 aliphatic carbocycles. The average Bonchev–Trinajstić information content (AvgIpc) is 2.71. The molecule has 2 amide bonds. The highest BCUT2D eigenvalue weighted by atomic mass is 19.2. The van der Waals surface area contributed by atoms with Crippen LogP contribution >= 0.6 is 0 Å². The number of likely N-dealkylation sites (N-methyl/N-ethyl adjacent to an activating group) is 1. The maximum Gasteiger partial charge on any atom is 0.247 e. The van der Waals surface area contributed by atoms with Gasteiger partial charge in [0.25, 0.3) is 0 Å². The summed E-state index contributed by atoms with van der Waals surface area (Å²) in [7, 11) is 1.84. The van der Waals surface area contributed by atoms with Crippen LogP contribution in [0.15, 0.2) is 12.1 Å². The molecular weight excluding hydrogens is 449 g/mol. The van der Waals surface area contributed by atoms with E-state index in [-0.39, 0.29) is 41.9 Å². The number of rotatable bonds is 6. The molecule has 1 aliphatic heterocycles. The van der Waals surface area contributed by atoms with E-state index in [1.165, 1.54) is 0 Å². The molecule has 1 aromatic heterocycles. The van der Waals surface area contributed by atoms with Crippen LogP contribution in [0.5, 0.6) is 0 Å². The van der Waals surface area contributed by atoms with Gasteiger partial charge in [-0.3, -0.25) is 9.59 Å². The number of aromatic nitrogens is 2. The lowest BCUT2D eigenvalue weighted by Gasteiger charge is -2.38. The maximum atomic E-state index is 13.3. The van der Waals surface area contributed by atoms with Crippen molar-refractivity contribution >= 4 is 29.3 Å². The van der Waals surface area contributed by atoms with Crippen LogP contribution in [-0.2, 0) is 16.0 Å². The summed E-state index contributed by atoms with van der Waals surface area (Å²) in [5, 5.41) is 8.99. The topological polar surface area (TPSA) is 99.2 Å². The summed E-state index contributed by atoms with van der Waals surface area (Å²) in [5.41, 5.74) is 1.32. The molecule has 34 heavy (non-hydrogen) atoms. The molecule has 2 heterocycles. The molecule has 1 aromatic carbocycles. The molecule has 0 radical (unpaired) electrons. The molecule has 0 unspecified atom stereocenters. The fourth-order valence-electron chi connectivity index (χ4n) is 4.49. The number of hydrogen-bond donors (Lipinski definition) is 3. The number of benzene rings is 1. The third-order valence-corrected chi connectivity index (χ3v) is 6.22. The number of carbonyl (C=O) groups excluding carboxylic acids is 2. The van der Waals surface area contributed by atoms with Crippen molar-refractivity contribution < 1.29 is 22.8 Å². The quantitative estimate of drug-likeness (QED) is 0.555. The number of nitrogens with one attached hydrogen (secondary N) is 3. The molecular formula is C23H27F3N6O2. The minimum absolute atomic E-state index is 0.0350. The van der Waals surface area contributed by atoms with Crippen LogP contribution < -0.4 is 20.9 Å². The van der Waals surface area contributed by atoms with Crippen molar-refractivity contribution in [2.75, 3.05) is 22.6 Å². The molecule has 11 heteroatoms. The minimum atomic E-state index is -1.55. The summed E-state index contributed by atoms with van der Waals surface area (Å²) in [5.74, 6) is -3.48. The third kappa shape index (κ3) is 4.64. The van der Waals surface area contributed by atoms with Gasteiger partial charge in [-0.15, -0.1) is 0 Å². The van der Waals surface area contributed by atoms with Crippen LogP contribution in [-0.4, -0.2) is 47.0 Å². The number of nitrogens with zero attached hydrogens (tertiary/aromatic N) is 3. The summed E-state index contributed by atoms with van der Waals surface area (Å²) < 4.78 is 39.7. The Morgan fingerprint density at radius 2 is 1.82 bits per heavy atom. The maximum absolute atomic E-state index is 13.3. The molecule has 0 spiro atoms. The van der Waals surface area contributed by atoms with Crippen molar-refractivity contribution in [2.24, 2.45) is 5.92 Å². The SMILES string of the molecule is Cc1nc(N[C@H]2C[C@H](NC(=O)Cc3cc(F)c(F)c(F)c3)C2)nc2c1NC(=O)[C@H](C(C)C)N2C. The summed E-state index contributed by atoms with van der Waals surface area (Å²) in [6, 6.07) is 1.24. The summed E-state index contributed by atoms with van der Waals surface area (Å²) >= 11 is 0. The van der Waals surface area contributed by atoms with Gasteiger partial charge in [0.2, 0.25) is 17.8 Å². The largest absolute Gasteiger partial charge is 0.353 e. The third-order valence-electron chi connectivity index (χ3n) is 6.22. The van der Waals surface area contributed by atoms with Crippen molar-refractivity contribution in [1.82, 2.24) is 15.3 Å². The van der Waals surface area contributed by atoms with Crippen LogP contribution in [0, 0.1) is 30.3 Å². The molecule has 8 nitrogen and oxygen atoms in total. The van der Waals surface area contributed by atoms with E-state index in [9.17, 15) is 22.8 Å². The van der Waals surface area contributed by atoms with Gasteiger partial charge in [0.15, 0.2) is 23.3 Å². The molecule has 1 atom stereocenters. The fraction of sp³-hybridized carbons (Fsp3) is 0.478. The standard InChI is InChI=1S/C23H27F3N6O2/c1-10(2)20-22(34)30-19-11(3)27-23(31-21(19)32(20)4)29-14-8-13(9-14)28-17(33)7-12-5-15(24)18(26)16(25)6-12/h5-6,10,13-14,20H,7-9H2,1-4H3,(H,28,33)(H,30,34)(H,27,29,31)/t13-,14-,20-/m0/s1. The normalized spacial score (nSPS) is 21.6. The van der Waals surface area contributed by atoms with Crippen molar-refractivity contribution in [2.45, 2.75) is 58.2 Å². The van der Waals surface area contributed by atoms with Crippen molar-refractivity contribution in [3.05, 3.63) is 40.8 Å². The molecule has 2 aliphatic rings. The highest BCUT2D eigenvalue weighted by Gasteiger charge is 2.36. The molecule has 182 valence electrons. The van der Waals surface area contributed by atoms with E-state index in [0.29, 0.717) is 36.0 Å². The molecule has 0 saturated heterocycles. The van der Waals surface area contributed by atoms with Crippen LogP contribution in [0.2, 0.25) is 0 Å². The monoisotopic (exact) mass is 476 g/mol. The number of halogens is 3. The second-order valence-corrected chi connectivity index (χ2v) is 9.25. The Morgan fingerprint density at radius 1 is 1.18 bits per heavy atom. The van der Waals surface area contributed by atoms with E-state index in [4.69, 9.17) is 0 Å². The second-order valence-electron chi connectivity index (χ2n) is 9.25. The summed E-state index contributed by atoms with van der Waals surface area (Å²) in [4.78, 5) is 35.6. The highest BCUT2D eigenvalue weighted by molar-refractivity contribution is 6.03. The number of aryl methyl sites for hydroxylation is 1. The van der Waals surface area contributed by atoms with Gasteiger partial charge in [0.1, 0.15) is 11.7 Å². The van der Waals surface area contributed by atoms with E-state index >= 15 is 0 Å². The Balaban J connectivity index is 1.34. The molecule has 3 N–H and O–H groups in total. The van der Waals surface area contributed by atoms with Gasteiger partial charge in [-0.05, 0) is 43.4 Å². The zero-order valence-corrected chi connectivity index (χ0v) is 19.4. The van der Waals surface area contributed by atoms with Crippen LogP contribution in [0.1, 0.15) is 37.9 Å². The van der Waals surface area contributed by atoms with Crippen LogP contribution in [0.4, 0.5) is 30.6 Å². The van der Waals surface area contributed by atoms with Gasteiger partial charge in [0.05, 0.1) is 12.1 Å². The molecule has 1 saturated carbocycles. The first-order valence-corrected chi connectivity index (χ1v) is 11.1. The van der Waals surface area contributed by atoms with Crippen molar-refractivity contribution in [3.63, 3.8) is 0 Å². The molecule has 2 aromatic rings. The van der Waals surface area contributed by atoms with E-state index in [1.54, 1.807) is 6.92 Å². The first-order chi connectivity index (χ1) is 16.0. The fourth-order valence-corrected chi connectivity index (χ4v) is 4.49. The predicted molar refractivity (Wildman–Crippen MR) is 121 cm³/mol. The van der Waals surface area contributed by atoms with Gasteiger partial charge >= 0.3 is 0 Å². The second kappa shape index (κ2) is 9.11. The minimum Gasteiger partial charge on any atom is -0.353 e. The lowest BCUT2D eigenvalue weighted by molar-refractivity contribution is -0.121. The van der Waals surface area contributed by atoms with E-state index in [2.05, 4.69) is 25.9 Å². The van der Waals surface area contributed by atoms with Gasteiger partial charge in [-0.1, -0.05) is 13.8 Å². The van der Waals surface area contributed by atoms with E-state index < -0.39 is 23.4 Å². The van der Waals surface area contributed by atoms with Gasteiger partial charge in [0, 0.05) is 19.1 Å². The molecule has 4 rings (SSSR count). The Hall–Kier alpha value is -3.37. The number of fused-ring (bicyclic) bond motifs is 1. The van der Waals surface area contributed by atoms with Gasteiger partial charge in [-0.25, -0.2) is 18.2 Å². The lowest BCUT2D eigenvalue weighted by Crippen LogP contribution is -2.51. The number of anilines is 3. The number of hydrogen-bond acceptors (Lipinski definition) is 6. The Kier molecular flexibility index (Phi) is 6.37. The smallest absolute Gasteiger partial charge is 0.247 e. The van der Waals surface area contributed by atoms with Crippen molar-refractivity contribution in [3.8, 4) is 0 Å². The van der Waals surface area contributed by atoms with Crippen molar-refractivity contribution in [1.29, 1.82) is 0 Å². The van der Waals surface area contributed by atoms with Gasteiger partial charge in [-0.2, -0.15) is 4.98 Å².